The van der Waals surface area contributed by atoms with Gasteiger partial charge < -0.3 is 26.0 Å². The summed E-state index contributed by atoms with van der Waals surface area (Å²) in [7, 11) is 5.66. The number of aryl methyl sites for hydroxylation is 1. The molecule has 1 aliphatic rings. The van der Waals surface area contributed by atoms with Crippen LogP contribution in [-0.2, 0) is 24.9 Å². The molecule has 5 heterocycles. The number of fused-ring (bicyclic) bond motifs is 2. The van der Waals surface area contributed by atoms with Crippen molar-refractivity contribution in [3.05, 3.63) is 47.9 Å². The zero-order valence-corrected chi connectivity index (χ0v) is 19.3. The van der Waals surface area contributed by atoms with Crippen LogP contribution in [0.15, 0.2) is 31.0 Å². The molecule has 0 saturated carbocycles. The number of imidazole rings is 1. The molecule has 1 amide bonds. The van der Waals surface area contributed by atoms with Crippen LogP contribution in [0.25, 0.3) is 22.3 Å². The van der Waals surface area contributed by atoms with Gasteiger partial charge in [0.25, 0.3) is 12.4 Å². The summed E-state index contributed by atoms with van der Waals surface area (Å²) in [5, 5.41) is 13.1. The van der Waals surface area contributed by atoms with Crippen molar-refractivity contribution in [3.63, 3.8) is 0 Å². The van der Waals surface area contributed by atoms with Crippen LogP contribution >= 0.6 is 0 Å². The Kier molecular flexibility index (Phi) is 6.51. The van der Waals surface area contributed by atoms with Gasteiger partial charge in [-0.05, 0) is 18.7 Å². The van der Waals surface area contributed by atoms with Gasteiger partial charge in [-0.2, -0.15) is 0 Å². The highest BCUT2D eigenvalue weighted by Crippen LogP contribution is 2.32. The molecule has 0 radical (unpaired) electrons. The molecule has 0 saturated heterocycles. The molecule has 0 aromatic carbocycles. The molecule has 4 aromatic rings. The third-order valence-electron chi connectivity index (χ3n) is 5.44. The van der Waals surface area contributed by atoms with Gasteiger partial charge >= 0.3 is 0 Å². The van der Waals surface area contributed by atoms with E-state index in [1.54, 1.807) is 32.0 Å². The standard InChI is InChI=1S/C21H22N10O.CH2O2/c1-23-20-17(13-6-24-7-15-16(13)26-10-31(15)3)28-18(19(22)32)21(29-20)27-12-4-11-8-30(2)9-14(11)25-5-12;2-1-3/h4-7,10H,8-9H2,1-3H3,(H2,22,32)(H2,23,27,29);1H,(H,2,3). The van der Waals surface area contributed by atoms with Crippen LogP contribution in [0.1, 0.15) is 21.7 Å². The van der Waals surface area contributed by atoms with Crippen molar-refractivity contribution in [2.45, 2.75) is 13.1 Å². The van der Waals surface area contributed by atoms with Crippen LogP contribution in [-0.4, -0.2) is 66.0 Å². The van der Waals surface area contributed by atoms with Crippen molar-refractivity contribution in [1.82, 2.24) is 34.4 Å². The van der Waals surface area contributed by atoms with Gasteiger partial charge in [-0.15, -0.1) is 0 Å². The third kappa shape index (κ3) is 4.56. The zero-order valence-electron chi connectivity index (χ0n) is 19.3. The van der Waals surface area contributed by atoms with E-state index in [0.29, 0.717) is 28.3 Å². The van der Waals surface area contributed by atoms with Gasteiger partial charge in [0.1, 0.15) is 11.2 Å². The number of rotatable bonds is 5. The lowest BCUT2D eigenvalue weighted by atomic mass is 10.1. The number of hydrogen-bond donors (Lipinski definition) is 4. The molecule has 0 fully saturated rings. The van der Waals surface area contributed by atoms with Crippen molar-refractivity contribution < 1.29 is 14.7 Å². The number of hydrogen-bond acceptors (Lipinski definition) is 10. The second kappa shape index (κ2) is 9.69. The van der Waals surface area contributed by atoms with Gasteiger partial charge in [0.05, 0.1) is 41.2 Å². The van der Waals surface area contributed by atoms with E-state index in [9.17, 15) is 4.79 Å². The lowest BCUT2D eigenvalue weighted by molar-refractivity contribution is -0.122. The van der Waals surface area contributed by atoms with Crippen molar-refractivity contribution in [1.29, 1.82) is 0 Å². The molecule has 0 unspecified atom stereocenters. The average molecular weight is 477 g/mol. The van der Waals surface area contributed by atoms with Crippen molar-refractivity contribution in [2.24, 2.45) is 12.8 Å². The van der Waals surface area contributed by atoms with E-state index in [2.05, 4.69) is 40.5 Å². The Morgan fingerprint density at radius 3 is 2.63 bits per heavy atom. The van der Waals surface area contributed by atoms with Crippen LogP contribution in [0.5, 0.6) is 0 Å². The molecule has 0 spiro atoms. The lowest BCUT2D eigenvalue weighted by Gasteiger charge is -2.14. The van der Waals surface area contributed by atoms with Gasteiger partial charge in [-0.25, -0.2) is 15.0 Å². The maximum Gasteiger partial charge on any atom is 0.290 e. The molecule has 4 aromatic heterocycles. The average Bonchev–Trinajstić information content (AvgIpc) is 3.40. The highest BCUT2D eigenvalue weighted by Gasteiger charge is 2.22. The summed E-state index contributed by atoms with van der Waals surface area (Å²) >= 11 is 0. The predicted octanol–water partition coefficient (Wildman–Crippen LogP) is 1.35. The first-order valence-corrected chi connectivity index (χ1v) is 10.5. The van der Waals surface area contributed by atoms with Gasteiger partial charge in [-0.1, -0.05) is 0 Å². The summed E-state index contributed by atoms with van der Waals surface area (Å²) in [4.78, 5) is 45.3. The van der Waals surface area contributed by atoms with E-state index in [0.717, 1.165) is 29.9 Å². The Morgan fingerprint density at radius 2 is 1.91 bits per heavy atom. The van der Waals surface area contributed by atoms with Crippen molar-refractivity contribution in [3.8, 4) is 11.3 Å². The minimum absolute atomic E-state index is 0.0181. The predicted molar refractivity (Wildman–Crippen MR) is 129 cm³/mol. The fourth-order valence-corrected chi connectivity index (χ4v) is 3.90. The number of pyridine rings is 2. The molecule has 0 atom stereocenters. The largest absolute Gasteiger partial charge is 0.483 e. The first-order chi connectivity index (χ1) is 16.9. The van der Waals surface area contributed by atoms with E-state index in [-0.39, 0.29) is 18.0 Å². The van der Waals surface area contributed by atoms with E-state index in [4.69, 9.17) is 15.6 Å². The molecule has 180 valence electrons. The topological polar surface area (TPSA) is 177 Å². The highest BCUT2D eigenvalue weighted by atomic mass is 16.3. The van der Waals surface area contributed by atoms with Crippen LogP contribution < -0.4 is 16.4 Å². The number of primary amides is 1. The fraction of sp³-hybridized carbons (Fsp3) is 0.227. The summed E-state index contributed by atoms with van der Waals surface area (Å²) in [6.45, 7) is 1.38. The Bertz CT molecular complexity index is 1420. The smallest absolute Gasteiger partial charge is 0.290 e. The minimum Gasteiger partial charge on any atom is -0.483 e. The van der Waals surface area contributed by atoms with Crippen molar-refractivity contribution >= 4 is 40.7 Å². The number of nitrogens with one attached hydrogen (secondary N) is 2. The number of carbonyl (C=O) groups is 2. The summed E-state index contributed by atoms with van der Waals surface area (Å²) < 4.78 is 1.86. The molecule has 13 nitrogen and oxygen atoms in total. The SMILES string of the molecule is CNc1nc(Nc2cnc3c(c2)CN(C)C3)c(C(N)=O)nc1-c1cncc2c1ncn2C.O=CO. The number of nitrogens with two attached hydrogens (primary N) is 1. The number of carboxylic acid groups (broad SMARTS) is 1. The summed E-state index contributed by atoms with van der Waals surface area (Å²) in [5.74, 6) is 0.0186. The number of amides is 1. The van der Waals surface area contributed by atoms with E-state index in [1.807, 2.05) is 24.7 Å². The lowest BCUT2D eigenvalue weighted by Crippen LogP contribution is -2.18. The Labute approximate surface area is 200 Å². The minimum atomic E-state index is -0.695. The highest BCUT2D eigenvalue weighted by molar-refractivity contribution is 5.99. The quantitative estimate of drug-likeness (QED) is 0.306. The molecule has 35 heavy (non-hydrogen) atoms. The Hall–Kier alpha value is -4.65. The van der Waals surface area contributed by atoms with Crippen LogP contribution in [0.4, 0.5) is 17.3 Å². The second-order valence-corrected chi connectivity index (χ2v) is 7.88. The van der Waals surface area contributed by atoms with Crippen LogP contribution in [0.3, 0.4) is 0 Å². The number of anilines is 3. The fourth-order valence-electron chi connectivity index (χ4n) is 3.90. The normalized spacial score (nSPS) is 12.5. The first-order valence-electron chi connectivity index (χ1n) is 10.5. The molecular weight excluding hydrogens is 452 g/mol. The first kappa shape index (κ1) is 23.5. The monoisotopic (exact) mass is 476 g/mol. The van der Waals surface area contributed by atoms with Crippen LogP contribution in [0.2, 0.25) is 0 Å². The van der Waals surface area contributed by atoms with Crippen LogP contribution in [0, 0.1) is 0 Å². The molecular formula is C22H24N10O3. The number of aromatic nitrogens is 6. The van der Waals surface area contributed by atoms with E-state index >= 15 is 0 Å². The number of nitrogens with zero attached hydrogens (tertiary/aromatic N) is 7. The van der Waals surface area contributed by atoms with E-state index < -0.39 is 5.91 Å². The summed E-state index contributed by atoms with van der Waals surface area (Å²) in [6.07, 6.45) is 6.79. The van der Waals surface area contributed by atoms with E-state index in [1.165, 1.54) is 0 Å². The molecule has 5 rings (SSSR count). The van der Waals surface area contributed by atoms with Gasteiger partial charge in [0.2, 0.25) is 0 Å². The van der Waals surface area contributed by atoms with Gasteiger partial charge in [-0.3, -0.25) is 24.5 Å². The van der Waals surface area contributed by atoms with Gasteiger partial charge in [0.15, 0.2) is 17.3 Å². The molecule has 5 N–H and O–H groups in total. The maximum atomic E-state index is 12.3. The molecule has 0 bridgehead atoms. The Balaban J connectivity index is 0.000000917. The summed E-state index contributed by atoms with van der Waals surface area (Å²) in [5.41, 5.74) is 11.2. The summed E-state index contributed by atoms with van der Waals surface area (Å²) in [6, 6.07) is 2.00. The van der Waals surface area contributed by atoms with Crippen molar-refractivity contribution in [2.75, 3.05) is 24.7 Å². The maximum absolute atomic E-state index is 12.3. The number of carbonyl (C=O) groups excluding carboxylic acids is 1. The Morgan fingerprint density at radius 1 is 1.14 bits per heavy atom. The zero-order chi connectivity index (χ0) is 25.1. The van der Waals surface area contributed by atoms with Gasteiger partial charge in [0, 0.05) is 33.4 Å². The second-order valence-electron chi connectivity index (χ2n) is 7.88. The molecule has 1 aliphatic heterocycles. The molecule has 13 heteroatoms. The third-order valence-corrected chi connectivity index (χ3v) is 5.44. The molecule has 0 aliphatic carbocycles.